The Bertz CT molecular complexity index is 933. The van der Waals surface area contributed by atoms with Gasteiger partial charge in [-0.05, 0) is 12.1 Å². The SMILES string of the molecule is O=c1oc2cc(F)c(F)cc2c2ccc([N+](=O)[O-])cc12. The standard InChI is InChI=1S/C13H5F2NO4/c14-10-4-8-7-2-1-6(16(18)19)3-9(7)13(17)20-12(8)5-11(10)15/h1-5H. The van der Waals surface area contributed by atoms with E-state index in [0.29, 0.717) is 0 Å². The van der Waals surface area contributed by atoms with E-state index in [1.54, 1.807) is 0 Å². The largest absolute Gasteiger partial charge is 0.422 e. The van der Waals surface area contributed by atoms with Crippen LogP contribution >= 0.6 is 0 Å². The fourth-order valence-corrected chi connectivity index (χ4v) is 2.03. The second-order valence-corrected chi connectivity index (χ2v) is 4.14. The highest BCUT2D eigenvalue weighted by molar-refractivity contribution is 6.04. The van der Waals surface area contributed by atoms with Gasteiger partial charge in [-0.2, -0.15) is 0 Å². The lowest BCUT2D eigenvalue weighted by Gasteiger charge is -2.03. The average molecular weight is 277 g/mol. The van der Waals surface area contributed by atoms with Gasteiger partial charge < -0.3 is 4.42 Å². The van der Waals surface area contributed by atoms with Gasteiger partial charge in [0, 0.05) is 29.0 Å². The molecule has 0 aliphatic heterocycles. The molecule has 3 rings (SSSR count). The van der Waals surface area contributed by atoms with Crippen LogP contribution in [-0.2, 0) is 0 Å². The molecular weight excluding hydrogens is 272 g/mol. The molecule has 2 aromatic carbocycles. The first-order chi connectivity index (χ1) is 9.47. The summed E-state index contributed by atoms with van der Waals surface area (Å²) in [5.41, 5.74) is -1.25. The van der Waals surface area contributed by atoms with Crippen molar-refractivity contribution in [1.29, 1.82) is 0 Å². The average Bonchev–Trinajstić information content (AvgIpc) is 2.41. The van der Waals surface area contributed by atoms with Crippen LogP contribution in [0.1, 0.15) is 0 Å². The van der Waals surface area contributed by atoms with E-state index in [9.17, 15) is 23.7 Å². The predicted octanol–water partition coefficient (Wildman–Crippen LogP) is 3.13. The topological polar surface area (TPSA) is 73.3 Å². The van der Waals surface area contributed by atoms with Crippen LogP contribution in [-0.4, -0.2) is 4.92 Å². The van der Waals surface area contributed by atoms with Crippen LogP contribution in [0.5, 0.6) is 0 Å². The van der Waals surface area contributed by atoms with E-state index < -0.39 is 22.2 Å². The lowest BCUT2D eigenvalue weighted by Crippen LogP contribution is -2.01. The van der Waals surface area contributed by atoms with Crippen molar-refractivity contribution < 1.29 is 18.1 Å². The summed E-state index contributed by atoms with van der Waals surface area (Å²) in [6.45, 7) is 0. The van der Waals surface area contributed by atoms with E-state index in [4.69, 9.17) is 4.42 Å². The van der Waals surface area contributed by atoms with Crippen molar-refractivity contribution in [2.24, 2.45) is 0 Å². The number of rotatable bonds is 1. The van der Waals surface area contributed by atoms with Crippen LogP contribution in [0.15, 0.2) is 39.5 Å². The van der Waals surface area contributed by atoms with E-state index in [2.05, 4.69) is 0 Å². The van der Waals surface area contributed by atoms with E-state index in [-0.39, 0.29) is 27.4 Å². The van der Waals surface area contributed by atoms with Gasteiger partial charge in [-0.1, -0.05) is 0 Å². The first kappa shape index (κ1) is 12.2. The molecule has 0 aliphatic rings. The maximum atomic E-state index is 13.3. The van der Waals surface area contributed by atoms with E-state index in [0.717, 1.165) is 18.2 Å². The van der Waals surface area contributed by atoms with Gasteiger partial charge in [0.25, 0.3) is 5.69 Å². The normalized spacial score (nSPS) is 11.1. The number of nitro benzene ring substituents is 1. The summed E-state index contributed by atoms with van der Waals surface area (Å²) < 4.78 is 31.3. The Morgan fingerprint density at radius 2 is 1.70 bits per heavy atom. The lowest BCUT2D eigenvalue weighted by molar-refractivity contribution is -0.384. The molecular formula is C13H5F2NO4. The second-order valence-electron chi connectivity index (χ2n) is 4.14. The summed E-state index contributed by atoms with van der Waals surface area (Å²) in [7, 11) is 0. The molecule has 0 N–H and O–H groups in total. The molecule has 0 aliphatic carbocycles. The predicted molar refractivity (Wildman–Crippen MR) is 66.6 cm³/mol. The molecule has 20 heavy (non-hydrogen) atoms. The number of nitrogens with zero attached hydrogens (tertiary/aromatic N) is 1. The third-order valence-corrected chi connectivity index (χ3v) is 2.95. The van der Waals surface area contributed by atoms with E-state index in [1.165, 1.54) is 12.1 Å². The molecule has 0 radical (unpaired) electrons. The molecule has 3 aromatic rings. The molecule has 1 heterocycles. The van der Waals surface area contributed by atoms with Gasteiger partial charge in [0.1, 0.15) is 5.58 Å². The molecule has 0 saturated carbocycles. The Hall–Kier alpha value is -2.83. The fraction of sp³-hybridized carbons (Fsp3) is 0. The van der Waals surface area contributed by atoms with Crippen LogP contribution < -0.4 is 5.63 Å². The van der Waals surface area contributed by atoms with Gasteiger partial charge in [-0.3, -0.25) is 10.1 Å². The van der Waals surface area contributed by atoms with Gasteiger partial charge in [0.15, 0.2) is 11.6 Å². The highest BCUT2D eigenvalue weighted by Crippen LogP contribution is 2.27. The molecule has 0 spiro atoms. The number of hydrogen-bond donors (Lipinski definition) is 0. The molecule has 1 aromatic heterocycles. The Labute approximate surface area is 109 Å². The van der Waals surface area contributed by atoms with Gasteiger partial charge in [-0.25, -0.2) is 13.6 Å². The fourth-order valence-electron chi connectivity index (χ4n) is 2.03. The minimum Gasteiger partial charge on any atom is -0.422 e. The maximum absolute atomic E-state index is 13.3. The first-order valence-corrected chi connectivity index (χ1v) is 5.47. The quantitative estimate of drug-likeness (QED) is 0.296. The Morgan fingerprint density at radius 3 is 2.40 bits per heavy atom. The van der Waals surface area contributed by atoms with Crippen LogP contribution in [0.25, 0.3) is 21.7 Å². The highest BCUT2D eigenvalue weighted by Gasteiger charge is 2.14. The summed E-state index contributed by atoms with van der Waals surface area (Å²) in [4.78, 5) is 21.8. The van der Waals surface area contributed by atoms with Crippen LogP contribution in [0.2, 0.25) is 0 Å². The maximum Gasteiger partial charge on any atom is 0.344 e. The lowest BCUT2D eigenvalue weighted by atomic mass is 10.1. The Balaban J connectivity index is 2.50. The van der Waals surface area contributed by atoms with Gasteiger partial charge >= 0.3 is 5.63 Å². The number of hydrogen-bond acceptors (Lipinski definition) is 4. The van der Waals surface area contributed by atoms with Crippen molar-refractivity contribution in [3.63, 3.8) is 0 Å². The molecule has 0 fully saturated rings. The zero-order valence-electron chi connectivity index (χ0n) is 9.72. The van der Waals surface area contributed by atoms with E-state index in [1.807, 2.05) is 0 Å². The summed E-state index contributed by atoms with van der Waals surface area (Å²) in [6, 6.07) is 5.20. The zero-order chi connectivity index (χ0) is 14.4. The van der Waals surface area contributed by atoms with Crippen molar-refractivity contribution in [3.8, 4) is 0 Å². The molecule has 0 unspecified atom stereocenters. The van der Waals surface area contributed by atoms with Crippen LogP contribution in [0, 0.1) is 21.7 Å². The summed E-state index contributed by atoms with van der Waals surface area (Å²) in [5.74, 6) is -2.23. The highest BCUT2D eigenvalue weighted by atomic mass is 19.2. The smallest absolute Gasteiger partial charge is 0.344 e. The van der Waals surface area contributed by atoms with Crippen molar-refractivity contribution in [2.75, 3.05) is 0 Å². The first-order valence-electron chi connectivity index (χ1n) is 5.47. The van der Waals surface area contributed by atoms with Gasteiger partial charge in [-0.15, -0.1) is 0 Å². The molecule has 0 amide bonds. The number of nitro groups is 1. The van der Waals surface area contributed by atoms with Gasteiger partial charge in [0.2, 0.25) is 0 Å². The monoisotopic (exact) mass is 277 g/mol. The summed E-state index contributed by atoms with van der Waals surface area (Å²) >= 11 is 0. The Morgan fingerprint density at radius 1 is 1.00 bits per heavy atom. The second kappa shape index (κ2) is 4.09. The number of halogens is 2. The third kappa shape index (κ3) is 1.71. The summed E-state index contributed by atoms with van der Waals surface area (Å²) in [5, 5.41) is 11.1. The number of non-ortho nitro benzene ring substituents is 1. The van der Waals surface area contributed by atoms with Crippen molar-refractivity contribution >= 4 is 27.4 Å². The van der Waals surface area contributed by atoms with Crippen LogP contribution in [0.3, 0.4) is 0 Å². The number of fused-ring (bicyclic) bond motifs is 3. The van der Waals surface area contributed by atoms with Gasteiger partial charge in [0.05, 0.1) is 10.3 Å². The minimum atomic E-state index is -1.14. The zero-order valence-corrected chi connectivity index (χ0v) is 9.72. The number of benzene rings is 2. The van der Waals surface area contributed by atoms with Crippen molar-refractivity contribution in [3.05, 3.63) is 62.5 Å². The molecule has 100 valence electrons. The van der Waals surface area contributed by atoms with Crippen LogP contribution in [0.4, 0.5) is 14.5 Å². The summed E-state index contributed by atoms with van der Waals surface area (Å²) in [6.07, 6.45) is 0. The molecule has 0 bridgehead atoms. The van der Waals surface area contributed by atoms with Crippen molar-refractivity contribution in [1.82, 2.24) is 0 Å². The Kier molecular flexibility index (Phi) is 2.50. The molecule has 0 atom stereocenters. The molecule has 7 heteroatoms. The van der Waals surface area contributed by atoms with Crippen molar-refractivity contribution in [2.45, 2.75) is 0 Å². The molecule has 0 saturated heterocycles. The third-order valence-electron chi connectivity index (χ3n) is 2.95. The molecule has 5 nitrogen and oxygen atoms in total. The minimum absolute atomic E-state index is 0.0577. The van der Waals surface area contributed by atoms with E-state index >= 15 is 0 Å².